The number of benzene rings is 3. The highest BCUT2D eigenvalue weighted by Crippen LogP contribution is 2.37. The molecule has 3 aromatic rings. The van der Waals surface area contributed by atoms with Crippen LogP contribution in [0.15, 0.2) is 70.7 Å². The van der Waals surface area contributed by atoms with Gasteiger partial charge < -0.3 is 23.7 Å². The first-order valence-corrected chi connectivity index (χ1v) is 12.6. The lowest BCUT2D eigenvalue weighted by molar-refractivity contribution is -0.119. The van der Waals surface area contributed by atoms with Crippen LogP contribution in [0.4, 0.5) is 5.69 Å². The minimum atomic E-state index is -4.32. The molecule has 1 N–H and O–H groups in total. The molecule has 0 radical (unpaired) electrons. The summed E-state index contributed by atoms with van der Waals surface area (Å²) in [6, 6.07) is 15.8. The van der Waals surface area contributed by atoms with Crippen molar-refractivity contribution in [2.75, 3.05) is 46.4 Å². The van der Waals surface area contributed by atoms with E-state index in [9.17, 15) is 13.2 Å². The molecule has 0 fully saturated rings. The van der Waals surface area contributed by atoms with Gasteiger partial charge in [-0.05, 0) is 42.0 Å². The van der Waals surface area contributed by atoms with Gasteiger partial charge in [0, 0.05) is 12.1 Å². The largest absolute Gasteiger partial charge is 0.497 e. The molecule has 0 heterocycles. The SMILES string of the molecule is COc1cccc(/C=N\NC(=O)CN(c2cc(OC)ccc2OC)S(=O)(=O)c2ccc(OC)c(OC)c2)c1. The quantitative estimate of drug-likeness (QED) is 0.273. The van der Waals surface area contributed by atoms with Crippen LogP contribution in [0, 0.1) is 0 Å². The standard InChI is InChI=1S/C26H29N3O8S/c1-33-19-8-6-7-18(13-19)16-27-28-26(30)17-29(22-14-20(34-2)9-11-23(22)35-3)38(31,32)21-10-12-24(36-4)25(15-21)37-5/h6-16H,17H2,1-5H3,(H,28,30)/b27-16-. The zero-order valence-corrected chi connectivity index (χ0v) is 22.4. The van der Waals surface area contributed by atoms with Crippen LogP contribution in [0.25, 0.3) is 0 Å². The molecule has 202 valence electrons. The third kappa shape index (κ3) is 6.45. The van der Waals surface area contributed by atoms with Crippen LogP contribution >= 0.6 is 0 Å². The Balaban J connectivity index is 1.99. The Kier molecular flexibility index (Phi) is 9.39. The predicted molar refractivity (Wildman–Crippen MR) is 142 cm³/mol. The molecule has 0 saturated carbocycles. The number of rotatable bonds is 12. The molecule has 3 aromatic carbocycles. The smallest absolute Gasteiger partial charge is 0.265 e. The van der Waals surface area contributed by atoms with Gasteiger partial charge in [0.2, 0.25) is 0 Å². The van der Waals surface area contributed by atoms with Gasteiger partial charge in [-0.3, -0.25) is 9.10 Å². The number of methoxy groups -OCH3 is 5. The van der Waals surface area contributed by atoms with Crippen molar-refractivity contribution in [2.45, 2.75) is 4.90 Å². The monoisotopic (exact) mass is 543 g/mol. The molecule has 11 nitrogen and oxygen atoms in total. The van der Waals surface area contributed by atoms with Crippen molar-refractivity contribution in [3.63, 3.8) is 0 Å². The van der Waals surface area contributed by atoms with Crippen LogP contribution in [0.3, 0.4) is 0 Å². The molecule has 0 spiro atoms. The molecule has 0 aliphatic heterocycles. The van der Waals surface area contributed by atoms with E-state index in [1.54, 1.807) is 36.4 Å². The Morgan fingerprint density at radius 2 is 1.47 bits per heavy atom. The molecule has 3 rings (SSSR count). The highest BCUT2D eigenvalue weighted by molar-refractivity contribution is 7.92. The van der Waals surface area contributed by atoms with E-state index in [2.05, 4.69) is 10.5 Å². The van der Waals surface area contributed by atoms with E-state index in [0.29, 0.717) is 22.8 Å². The lowest BCUT2D eigenvalue weighted by Gasteiger charge is -2.26. The van der Waals surface area contributed by atoms with Crippen molar-refractivity contribution in [2.24, 2.45) is 5.10 Å². The molecule has 0 unspecified atom stereocenters. The van der Waals surface area contributed by atoms with Gasteiger partial charge in [0.05, 0.1) is 52.3 Å². The number of hydrogen-bond acceptors (Lipinski definition) is 9. The molecule has 0 aliphatic rings. The van der Waals surface area contributed by atoms with Crippen molar-refractivity contribution >= 4 is 27.8 Å². The lowest BCUT2D eigenvalue weighted by atomic mass is 10.2. The first-order valence-electron chi connectivity index (χ1n) is 11.2. The summed E-state index contributed by atoms with van der Waals surface area (Å²) in [5, 5.41) is 3.95. The second kappa shape index (κ2) is 12.7. The molecule has 0 bridgehead atoms. The Bertz CT molecular complexity index is 1410. The highest BCUT2D eigenvalue weighted by Gasteiger charge is 2.31. The third-order valence-corrected chi connectivity index (χ3v) is 7.14. The van der Waals surface area contributed by atoms with Gasteiger partial charge in [-0.1, -0.05) is 12.1 Å². The molecule has 12 heteroatoms. The number of sulfonamides is 1. The second-order valence-corrected chi connectivity index (χ2v) is 9.50. The average molecular weight is 544 g/mol. The molecular formula is C26H29N3O8S. The normalized spacial score (nSPS) is 11.1. The summed E-state index contributed by atoms with van der Waals surface area (Å²) < 4.78 is 55.0. The zero-order valence-electron chi connectivity index (χ0n) is 21.6. The van der Waals surface area contributed by atoms with Gasteiger partial charge in [0.1, 0.15) is 23.8 Å². The van der Waals surface area contributed by atoms with E-state index >= 15 is 0 Å². The summed E-state index contributed by atoms with van der Waals surface area (Å²) in [5.41, 5.74) is 3.13. The van der Waals surface area contributed by atoms with E-state index in [1.807, 2.05) is 0 Å². The topological polar surface area (TPSA) is 125 Å². The van der Waals surface area contributed by atoms with Crippen molar-refractivity contribution in [3.8, 4) is 28.7 Å². The van der Waals surface area contributed by atoms with Crippen molar-refractivity contribution in [1.82, 2.24) is 5.43 Å². The number of hydrogen-bond donors (Lipinski definition) is 1. The number of nitrogens with zero attached hydrogens (tertiary/aromatic N) is 2. The fourth-order valence-corrected chi connectivity index (χ4v) is 4.90. The van der Waals surface area contributed by atoms with Gasteiger partial charge in [0.25, 0.3) is 15.9 Å². The van der Waals surface area contributed by atoms with Crippen LogP contribution in [0.1, 0.15) is 5.56 Å². The van der Waals surface area contributed by atoms with Gasteiger partial charge in [-0.2, -0.15) is 5.10 Å². The molecule has 0 atom stereocenters. The van der Waals surface area contributed by atoms with Gasteiger partial charge in [0.15, 0.2) is 11.5 Å². The van der Waals surface area contributed by atoms with Crippen LogP contribution in [-0.4, -0.2) is 62.6 Å². The average Bonchev–Trinajstić information content (AvgIpc) is 2.95. The number of carbonyl (C=O) groups is 1. The molecule has 1 amide bonds. The molecule has 0 aliphatic carbocycles. The van der Waals surface area contributed by atoms with E-state index < -0.39 is 22.5 Å². The zero-order chi connectivity index (χ0) is 27.7. The van der Waals surface area contributed by atoms with Crippen LogP contribution in [-0.2, 0) is 14.8 Å². The van der Waals surface area contributed by atoms with Crippen LogP contribution in [0.5, 0.6) is 28.7 Å². The number of amides is 1. The summed E-state index contributed by atoms with van der Waals surface area (Å²) >= 11 is 0. The Labute approximate surface area is 221 Å². The summed E-state index contributed by atoms with van der Waals surface area (Å²) in [7, 11) is 2.89. The molecular weight excluding hydrogens is 514 g/mol. The lowest BCUT2D eigenvalue weighted by Crippen LogP contribution is -2.39. The second-order valence-electron chi connectivity index (χ2n) is 7.64. The fourth-order valence-electron chi connectivity index (χ4n) is 3.46. The van der Waals surface area contributed by atoms with Crippen LogP contribution in [0.2, 0.25) is 0 Å². The molecule has 0 saturated heterocycles. The summed E-state index contributed by atoms with van der Waals surface area (Å²) in [5.74, 6) is 1.06. The van der Waals surface area contributed by atoms with E-state index in [1.165, 1.54) is 66.0 Å². The van der Waals surface area contributed by atoms with E-state index in [-0.39, 0.29) is 22.1 Å². The maximum Gasteiger partial charge on any atom is 0.265 e. The summed E-state index contributed by atoms with van der Waals surface area (Å²) in [4.78, 5) is 12.8. The number of hydrazone groups is 1. The minimum Gasteiger partial charge on any atom is -0.497 e. The van der Waals surface area contributed by atoms with Crippen LogP contribution < -0.4 is 33.4 Å². The van der Waals surface area contributed by atoms with Crippen molar-refractivity contribution in [1.29, 1.82) is 0 Å². The van der Waals surface area contributed by atoms with Crippen molar-refractivity contribution in [3.05, 3.63) is 66.2 Å². The number of anilines is 1. The maximum absolute atomic E-state index is 13.9. The number of carbonyl (C=O) groups excluding carboxylic acids is 1. The van der Waals surface area contributed by atoms with Gasteiger partial charge in [-0.15, -0.1) is 0 Å². The predicted octanol–water partition coefficient (Wildman–Crippen LogP) is 3.08. The minimum absolute atomic E-state index is 0.0913. The summed E-state index contributed by atoms with van der Waals surface area (Å²) in [6.45, 7) is -0.615. The van der Waals surface area contributed by atoms with E-state index in [4.69, 9.17) is 23.7 Å². The Morgan fingerprint density at radius 1 is 0.816 bits per heavy atom. The first-order chi connectivity index (χ1) is 18.3. The highest BCUT2D eigenvalue weighted by atomic mass is 32.2. The van der Waals surface area contributed by atoms with Gasteiger partial charge >= 0.3 is 0 Å². The Morgan fingerprint density at radius 3 is 2.13 bits per heavy atom. The molecule has 0 aromatic heterocycles. The number of nitrogens with one attached hydrogen (secondary N) is 1. The van der Waals surface area contributed by atoms with Gasteiger partial charge in [-0.25, -0.2) is 13.8 Å². The van der Waals surface area contributed by atoms with E-state index in [0.717, 1.165) is 4.31 Å². The third-order valence-electron chi connectivity index (χ3n) is 5.38. The fraction of sp³-hybridized carbons (Fsp3) is 0.231. The van der Waals surface area contributed by atoms with Crippen molar-refractivity contribution < 1.29 is 36.9 Å². The maximum atomic E-state index is 13.9. The summed E-state index contributed by atoms with van der Waals surface area (Å²) in [6.07, 6.45) is 1.42. The first kappa shape index (κ1) is 28.1. The number of ether oxygens (including phenoxy) is 5. The molecule has 38 heavy (non-hydrogen) atoms. The Hall–Kier alpha value is -4.45.